The van der Waals surface area contributed by atoms with Crippen molar-refractivity contribution in [3.8, 4) is 16.9 Å². The number of nitrogen functional groups attached to an aromatic ring is 1. The maximum Gasteiger partial charge on any atom is 0.407 e. The number of halogens is 1. The van der Waals surface area contributed by atoms with Crippen molar-refractivity contribution in [3.05, 3.63) is 119 Å². The molecule has 17 atom stereocenters. The molecule has 5 heterocycles. The number of amides is 4. The lowest BCUT2D eigenvalue weighted by molar-refractivity contribution is -0.265. The topological polar surface area (TPSA) is 437 Å². The Bertz CT molecular complexity index is 4110. The highest BCUT2D eigenvalue weighted by atomic mass is 32.2. The number of cyclic esters (lactones) is 1. The van der Waals surface area contributed by atoms with Crippen LogP contribution >= 0.6 is 0 Å². The first-order chi connectivity index (χ1) is 62.0. The number of pyridine rings is 1. The van der Waals surface area contributed by atoms with Gasteiger partial charge in [-0.15, -0.1) is 0 Å². The maximum absolute atomic E-state index is 15.7. The molecule has 3 fully saturated rings. The summed E-state index contributed by atoms with van der Waals surface area (Å²) in [7, 11) is 4.58. The lowest BCUT2D eigenvalue weighted by atomic mass is 9.80. The third-order valence-corrected chi connectivity index (χ3v) is 25.5. The van der Waals surface area contributed by atoms with Gasteiger partial charge < -0.3 is 123 Å². The van der Waals surface area contributed by atoms with E-state index < -0.39 is 131 Å². The van der Waals surface area contributed by atoms with E-state index in [4.69, 9.17) is 82.5 Å². The molecule has 1 unspecified atom stereocenters. The van der Waals surface area contributed by atoms with Crippen LogP contribution in [0.1, 0.15) is 146 Å². The molecule has 2 aromatic carbocycles. The number of piperidine rings is 1. The predicted octanol–water partition coefficient (Wildman–Crippen LogP) is 7.97. The Hall–Kier alpha value is -7.76. The first-order valence-corrected chi connectivity index (χ1v) is 46.5. The Kier molecular flexibility index (Phi) is 46.5. The highest BCUT2D eigenvalue weighted by molar-refractivity contribution is 7.91. The van der Waals surface area contributed by atoms with Crippen molar-refractivity contribution < 1.29 is 129 Å². The number of carbonyl (C=O) groups is 7. The number of carbonyl (C=O) groups excluding carboxylic acids is 7. The van der Waals surface area contributed by atoms with Crippen LogP contribution in [0.2, 0.25) is 0 Å². The summed E-state index contributed by atoms with van der Waals surface area (Å²) in [5.74, 6) is -8.45. The number of ether oxygens (including phenoxy) is 15. The molecule has 0 spiro atoms. The molecule has 129 heavy (non-hydrogen) atoms. The molecule has 9 N–H and O–H groups in total. The second-order valence-corrected chi connectivity index (χ2v) is 35.3. The number of esters is 1. The van der Waals surface area contributed by atoms with Crippen molar-refractivity contribution in [1.29, 1.82) is 0 Å². The Labute approximate surface area is 761 Å². The zero-order valence-electron chi connectivity index (χ0n) is 76.7. The molecule has 1 saturated carbocycles. The van der Waals surface area contributed by atoms with Crippen LogP contribution in [0.4, 0.5) is 15.0 Å². The van der Waals surface area contributed by atoms with Crippen LogP contribution in [0.5, 0.6) is 5.75 Å². The molecule has 4 aliphatic heterocycles. The first-order valence-electron chi connectivity index (χ1n) is 45.2. The number of nitrogens with one attached hydrogen (secondary N) is 2. The Morgan fingerprint density at radius 3 is 1.97 bits per heavy atom. The van der Waals surface area contributed by atoms with Crippen LogP contribution in [0.15, 0.2) is 101 Å². The predicted molar refractivity (Wildman–Crippen MR) is 478 cm³/mol. The number of aliphatic hydroxyl groups is 3. The molecule has 720 valence electrons. The summed E-state index contributed by atoms with van der Waals surface area (Å²) in [5.41, 5.74) is 16.8. The minimum Gasteiger partial charge on any atom is -0.611 e. The van der Waals surface area contributed by atoms with Crippen LogP contribution in [0, 0.1) is 42.3 Å². The second-order valence-electron chi connectivity index (χ2n) is 33.7. The number of allylic oxidation sites excluding steroid dienone is 5. The third kappa shape index (κ3) is 34.0. The largest absolute Gasteiger partial charge is 0.611 e. The number of hydrogen-bond acceptors (Lipinski definition) is 29. The number of rotatable bonds is 40. The van der Waals surface area contributed by atoms with Gasteiger partial charge in [0.25, 0.3) is 17.6 Å². The Balaban J connectivity index is 0.644. The van der Waals surface area contributed by atoms with Gasteiger partial charge in [-0.25, -0.2) is 19.0 Å². The minimum absolute atomic E-state index is 0.0301. The molecule has 3 aromatic rings. The van der Waals surface area contributed by atoms with Crippen LogP contribution in [0.25, 0.3) is 11.1 Å². The smallest absolute Gasteiger partial charge is 0.407 e. The fourth-order valence-corrected chi connectivity index (χ4v) is 17.6. The number of hydrogen-bond donors (Lipinski definition) is 7. The highest BCUT2D eigenvalue weighted by Gasteiger charge is 2.53. The fourth-order valence-electron chi connectivity index (χ4n) is 16.5. The molecular weight excluding hydrogens is 1690 g/mol. The Morgan fingerprint density at radius 2 is 1.33 bits per heavy atom. The number of aromatic nitrogens is 1. The average Bonchev–Trinajstić information content (AvgIpc) is 1.44. The van der Waals surface area contributed by atoms with Gasteiger partial charge in [-0.3, -0.25) is 24.0 Å². The molecule has 2 bridgehead atoms. The van der Waals surface area contributed by atoms with Gasteiger partial charge in [0.2, 0.25) is 11.7 Å². The molecule has 1 aliphatic carbocycles. The molecular formula is C94H140FN7O26S. The Morgan fingerprint density at radius 1 is 0.690 bits per heavy atom. The summed E-state index contributed by atoms with van der Waals surface area (Å²) in [6.07, 6.45) is 9.47. The summed E-state index contributed by atoms with van der Waals surface area (Å²) in [6.45, 7) is 18.3. The standard InChI is InChI=1S/C94H140FN7O26S/c1-61-16-12-11-13-17-62(2)78(114-8)57-72-23-19-66(6)94(112,128-72)89(107)91(109)102-32-15-14-18-75(102)92(110)126-80(58-79(115-9)63(3)53-65(5)87(105)88(106)86(104)64(4)52-61)74(96)54-68-20-25-77(81(55-68)116-10)127-93(111)99-30-35-118-38-40-120-42-44-122-46-48-124-50-49-123-47-45-121-43-41-119-39-37-117-34-29-84(103)98-31-51-129(113)82-27-24-73(67(7)85(82)95)90(108)101-33-36-125-76-26-21-69(56-71(76)60-101)70-22-28-83(97)100-59-70/h11-13,16-17,21-22,24,26-28,53,56,59,61,63-64,66,68,72,74-75,77-81,87-88,105-106,112H,14-15,18-20,23,25,29-52,54-55,57-58,60,96H2,1-10H3,(H2,97,100)(H,98,103)(H,99,111)/b13-11+,16-12+,62-17+,65-53+/t61-,63-,64-,66-,68+,72+,74-,75+,77-,78+,79-,80+,81-,87-,88+,94-,129?/m1/s1. The van der Waals surface area contributed by atoms with Gasteiger partial charge in [-0.05, 0) is 161 Å². The van der Waals surface area contributed by atoms with Crippen molar-refractivity contribution in [3.63, 3.8) is 0 Å². The molecule has 2 saturated heterocycles. The average molecular weight is 1840 g/mol. The number of fused-ring (bicyclic) bond motifs is 4. The number of nitrogens with zero attached hydrogens (tertiary/aromatic N) is 3. The van der Waals surface area contributed by atoms with Gasteiger partial charge in [0.15, 0.2) is 16.5 Å². The number of benzene rings is 2. The van der Waals surface area contributed by atoms with Crippen molar-refractivity contribution >= 4 is 58.3 Å². The van der Waals surface area contributed by atoms with Gasteiger partial charge in [0.1, 0.15) is 54.4 Å². The quantitative estimate of drug-likeness (QED) is 0.00932. The molecule has 5 aliphatic rings. The van der Waals surface area contributed by atoms with Crippen LogP contribution in [-0.4, -0.2) is 308 Å². The fraction of sp³-hybridized carbons (Fsp3) is 0.660. The van der Waals surface area contributed by atoms with E-state index in [1.807, 2.05) is 75.4 Å². The van der Waals surface area contributed by atoms with E-state index in [9.17, 15) is 53.4 Å². The van der Waals surface area contributed by atoms with Crippen molar-refractivity contribution in [1.82, 2.24) is 25.4 Å². The van der Waals surface area contributed by atoms with Gasteiger partial charge in [0.05, 0.1) is 143 Å². The van der Waals surface area contributed by atoms with Gasteiger partial charge in [-0.2, -0.15) is 0 Å². The van der Waals surface area contributed by atoms with E-state index in [1.54, 1.807) is 51.1 Å². The van der Waals surface area contributed by atoms with E-state index in [1.165, 1.54) is 38.2 Å². The van der Waals surface area contributed by atoms with E-state index in [-0.39, 0.29) is 137 Å². The summed E-state index contributed by atoms with van der Waals surface area (Å²) in [5, 5.41) is 40.3. The number of aliphatic hydroxyl groups excluding tert-OH is 2. The molecule has 33 nitrogen and oxygen atoms in total. The molecule has 35 heteroatoms. The van der Waals surface area contributed by atoms with E-state index >= 15 is 4.39 Å². The van der Waals surface area contributed by atoms with Gasteiger partial charge in [0, 0.05) is 112 Å². The number of nitrogens with two attached hydrogens (primary N) is 2. The number of anilines is 1. The number of alkyl carbamates (subject to hydrolysis) is 1. The van der Waals surface area contributed by atoms with E-state index in [0.717, 1.165) is 22.3 Å². The van der Waals surface area contributed by atoms with Crippen molar-refractivity contribution in [2.45, 2.75) is 210 Å². The summed E-state index contributed by atoms with van der Waals surface area (Å²) < 4.78 is 116. The summed E-state index contributed by atoms with van der Waals surface area (Å²) in [4.78, 5) is 104. The summed E-state index contributed by atoms with van der Waals surface area (Å²) in [6, 6.07) is 10.1. The second kappa shape index (κ2) is 56.3. The molecule has 8 rings (SSSR count). The zero-order chi connectivity index (χ0) is 93.4. The van der Waals surface area contributed by atoms with Gasteiger partial charge >= 0.3 is 12.1 Å². The molecule has 4 amide bonds. The molecule has 0 radical (unpaired) electrons. The number of Topliss-reactive ketones (excluding diaryl/α,β-unsaturated/α-hetero) is 2. The molecule has 1 aromatic heterocycles. The monoisotopic (exact) mass is 1830 g/mol. The lowest BCUT2D eigenvalue weighted by Crippen LogP contribution is -2.61. The van der Waals surface area contributed by atoms with Crippen LogP contribution < -0.4 is 26.8 Å². The first kappa shape index (κ1) is 107. The third-order valence-electron chi connectivity index (χ3n) is 24.2. The minimum atomic E-state index is -2.49. The summed E-state index contributed by atoms with van der Waals surface area (Å²) >= 11 is -1.79. The lowest BCUT2D eigenvalue weighted by Gasteiger charge is -2.43. The maximum atomic E-state index is 15.7. The SMILES string of the molecule is CO[C@H]1C[C@@H]2CC[C@@H](C)[C@@](O)(O2)C(=O)C(=O)N2CCCC[C@H]2C(=O)O[C@H]([C@H](N)C[C@@H]2CC[C@@H](OC(=O)NCCOCCOCCOCCOCCOCCOCCOCCOCCC(=O)NCC[S+]([O-])c3ccc(C(=O)N4CCOc5ccc(-c6ccc(N)nc6)cc5C4)c(C)c3F)[C@H](OC)C2)C[C@@H](OC)[C@H](C)/C=C(\C)[C@@H](O)[C@@H](O)C(=O)[C@H](C)C[C@H](C)/C=C/C=C/C=C/1C. The van der Waals surface area contributed by atoms with Gasteiger partial charge in [-0.1, -0.05) is 70.2 Å². The number of methoxy groups -OCH3 is 3. The van der Waals surface area contributed by atoms with E-state index in [0.29, 0.717) is 154 Å². The zero-order valence-corrected chi connectivity index (χ0v) is 77.5. The van der Waals surface area contributed by atoms with Crippen molar-refractivity contribution in [2.75, 3.05) is 171 Å². The van der Waals surface area contributed by atoms with Crippen LogP contribution in [0.3, 0.4) is 0 Å². The van der Waals surface area contributed by atoms with Crippen molar-refractivity contribution in [2.24, 2.45) is 35.3 Å². The van der Waals surface area contributed by atoms with Crippen LogP contribution in [-0.2, 0) is 108 Å². The van der Waals surface area contributed by atoms with E-state index in [2.05, 4.69) is 15.6 Å². The highest BCUT2D eigenvalue weighted by Crippen LogP contribution is 2.39. The normalized spacial score (nSPS) is 27.4. The number of ketones is 2.